The number of hydrogen-bond acceptors (Lipinski definition) is 5. The highest BCUT2D eigenvalue weighted by Gasteiger charge is 2.14. The monoisotopic (exact) mass is 230 g/mol. The third kappa shape index (κ3) is 1.47. The summed E-state index contributed by atoms with van der Waals surface area (Å²) in [6.45, 7) is 2.60. The van der Waals surface area contributed by atoms with E-state index in [-0.39, 0.29) is 5.58 Å². The fraction of sp³-hybridized carbons (Fsp3) is 0.167. The summed E-state index contributed by atoms with van der Waals surface area (Å²) in [5.74, 6) is 0. The van der Waals surface area contributed by atoms with E-state index in [1.807, 2.05) is 25.1 Å². The predicted octanol–water partition coefficient (Wildman–Crippen LogP) is 2.37. The molecule has 3 aromatic rings. The summed E-state index contributed by atoms with van der Waals surface area (Å²) < 4.78 is 10.5. The van der Waals surface area contributed by atoms with Gasteiger partial charge in [0.2, 0.25) is 5.58 Å². The number of nitrogens with one attached hydrogen (secondary N) is 1. The first-order valence-electron chi connectivity index (χ1n) is 5.36. The minimum atomic E-state index is -0.504. The zero-order chi connectivity index (χ0) is 11.8. The molecule has 86 valence electrons. The number of fused-ring (bicyclic) bond motifs is 3. The fourth-order valence-electron chi connectivity index (χ4n) is 1.77. The summed E-state index contributed by atoms with van der Waals surface area (Å²) in [5, 5.41) is 3.70. The average Bonchev–Trinajstić information content (AvgIpc) is 2.74. The number of aromatic nitrogens is 1. The molecule has 0 saturated heterocycles. The first-order chi connectivity index (χ1) is 8.29. The van der Waals surface area contributed by atoms with Crippen LogP contribution in [-0.4, -0.2) is 11.5 Å². The summed E-state index contributed by atoms with van der Waals surface area (Å²) in [6, 6.07) is 7.59. The maximum absolute atomic E-state index is 11.7. The molecule has 0 aliphatic carbocycles. The predicted molar refractivity (Wildman–Crippen MR) is 64.2 cm³/mol. The molecular formula is C12H10N2O3. The van der Waals surface area contributed by atoms with Crippen LogP contribution in [0.15, 0.2) is 37.9 Å². The van der Waals surface area contributed by atoms with E-state index in [0.29, 0.717) is 23.7 Å². The van der Waals surface area contributed by atoms with Gasteiger partial charge in [-0.1, -0.05) is 12.1 Å². The number of rotatable bonds is 2. The third-order valence-corrected chi connectivity index (χ3v) is 2.49. The molecule has 1 N–H and O–H groups in total. The van der Waals surface area contributed by atoms with E-state index in [2.05, 4.69) is 10.3 Å². The van der Waals surface area contributed by atoms with E-state index in [0.717, 1.165) is 5.39 Å². The van der Waals surface area contributed by atoms with Gasteiger partial charge in [-0.05, 0) is 19.1 Å². The van der Waals surface area contributed by atoms with Crippen LogP contribution < -0.4 is 10.9 Å². The normalized spacial score (nSPS) is 11.1. The highest BCUT2D eigenvalue weighted by atomic mass is 16.4. The van der Waals surface area contributed by atoms with Crippen LogP contribution in [0, 0.1) is 0 Å². The van der Waals surface area contributed by atoms with Crippen LogP contribution >= 0.6 is 0 Å². The lowest BCUT2D eigenvalue weighted by atomic mass is 10.2. The van der Waals surface area contributed by atoms with Crippen molar-refractivity contribution in [2.24, 2.45) is 0 Å². The Morgan fingerprint density at radius 2 is 2.12 bits per heavy atom. The molecule has 0 radical (unpaired) electrons. The highest BCUT2D eigenvalue weighted by molar-refractivity contribution is 6.00. The van der Waals surface area contributed by atoms with Crippen molar-refractivity contribution in [3.63, 3.8) is 0 Å². The van der Waals surface area contributed by atoms with Crippen LogP contribution in [0.5, 0.6) is 0 Å². The lowest BCUT2D eigenvalue weighted by Gasteiger charge is -1.93. The van der Waals surface area contributed by atoms with Gasteiger partial charge in [0, 0.05) is 11.9 Å². The summed E-state index contributed by atoms with van der Waals surface area (Å²) >= 11 is 0. The van der Waals surface area contributed by atoms with E-state index in [4.69, 9.17) is 8.83 Å². The smallest absolute Gasteiger partial charge is 0.382 e. The Kier molecular flexibility index (Phi) is 2.11. The van der Waals surface area contributed by atoms with Crippen LogP contribution in [0.1, 0.15) is 6.92 Å². The van der Waals surface area contributed by atoms with Crippen molar-refractivity contribution in [1.82, 2.24) is 4.98 Å². The molecule has 0 aliphatic rings. The third-order valence-electron chi connectivity index (χ3n) is 2.49. The summed E-state index contributed by atoms with van der Waals surface area (Å²) in [7, 11) is 0. The van der Waals surface area contributed by atoms with Crippen LogP contribution in [0.25, 0.3) is 22.1 Å². The van der Waals surface area contributed by atoms with Crippen molar-refractivity contribution < 1.29 is 8.83 Å². The molecule has 0 saturated carbocycles. The molecule has 2 aromatic heterocycles. The Morgan fingerprint density at radius 1 is 1.29 bits per heavy atom. The van der Waals surface area contributed by atoms with Gasteiger partial charge in [-0.25, -0.2) is 4.79 Å². The zero-order valence-corrected chi connectivity index (χ0v) is 9.19. The minimum Gasteiger partial charge on any atom is -0.420 e. The van der Waals surface area contributed by atoms with Gasteiger partial charge in [0.15, 0.2) is 0 Å². The van der Waals surface area contributed by atoms with Crippen LogP contribution in [0.3, 0.4) is 0 Å². The maximum Gasteiger partial charge on any atom is 0.382 e. The van der Waals surface area contributed by atoms with Crippen molar-refractivity contribution in [2.45, 2.75) is 6.92 Å². The van der Waals surface area contributed by atoms with Crippen LogP contribution in [-0.2, 0) is 0 Å². The van der Waals surface area contributed by atoms with Crippen molar-refractivity contribution in [1.29, 1.82) is 0 Å². The van der Waals surface area contributed by atoms with E-state index in [1.54, 1.807) is 6.07 Å². The molecule has 0 spiro atoms. The minimum absolute atomic E-state index is 0.152. The Balaban J connectivity index is 2.43. The van der Waals surface area contributed by atoms with Gasteiger partial charge >= 0.3 is 5.63 Å². The number of para-hydroxylation sites is 1. The van der Waals surface area contributed by atoms with E-state index in [1.165, 1.54) is 0 Å². The molecule has 3 rings (SSSR count). The van der Waals surface area contributed by atoms with Gasteiger partial charge in [-0.3, -0.25) is 0 Å². The lowest BCUT2D eigenvalue weighted by molar-refractivity contribution is 0.535. The Hall–Kier alpha value is -2.30. The summed E-state index contributed by atoms with van der Waals surface area (Å²) in [6.07, 6.45) is 0. The van der Waals surface area contributed by atoms with Gasteiger partial charge < -0.3 is 14.2 Å². The highest BCUT2D eigenvalue weighted by Crippen LogP contribution is 2.24. The standard InChI is InChI=1S/C12H10N2O3/c1-2-13-12-14-9-7-5-3-4-6-8(7)16-11(15)10(9)17-12/h3-6H,2H2,1H3,(H,13,14). The van der Waals surface area contributed by atoms with Crippen molar-refractivity contribution in [3.05, 3.63) is 34.7 Å². The molecule has 1 aromatic carbocycles. The number of anilines is 1. The largest absolute Gasteiger partial charge is 0.420 e. The SMILES string of the molecule is CCNc1nc2c(o1)c(=O)oc1ccccc12. The molecule has 2 heterocycles. The van der Waals surface area contributed by atoms with Crippen LogP contribution in [0.4, 0.5) is 6.01 Å². The number of nitrogens with zero attached hydrogens (tertiary/aromatic N) is 1. The first kappa shape index (κ1) is 9.89. The van der Waals surface area contributed by atoms with E-state index >= 15 is 0 Å². The molecule has 0 unspecified atom stereocenters. The molecule has 17 heavy (non-hydrogen) atoms. The molecule has 0 atom stereocenters. The Morgan fingerprint density at radius 3 is 2.94 bits per heavy atom. The molecular weight excluding hydrogens is 220 g/mol. The Bertz CT molecular complexity index is 742. The molecule has 0 amide bonds. The van der Waals surface area contributed by atoms with Crippen molar-refractivity contribution in [3.8, 4) is 0 Å². The summed E-state index contributed by atoms with van der Waals surface area (Å²) in [5.41, 5.74) is 0.698. The second-order valence-corrected chi connectivity index (χ2v) is 3.61. The zero-order valence-electron chi connectivity index (χ0n) is 9.19. The lowest BCUT2D eigenvalue weighted by Crippen LogP contribution is -1.97. The molecule has 5 nitrogen and oxygen atoms in total. The molecule has 5 heteroatoms. The summed E-state index contributed by atoms with van der Waals surface area (Å²) in [4.78, 5) is 15.9. The molecule has 0 fully saturated rings. The van der Waals surface area contributed by atoms with Crippen molar-refractivity contribution >= 4 is 28.1 Å². The van der Waals surface area contributed by atoms with Gasteiger partial charge in [0.05, 0.1) is 0 Å². The molecule has 0 bridgehead atoms. The topological polar surface area (TPSA) is 68.3 Å². The Labute approximate surface area is 96.1 Å². The number of benzene rings is 1. The van der Waals surface area contributed by atoms with Gasteiger partial charge in [-0.15, -0.1) is 0 Å². The number of oxazole rings is 1. The van der Waals surface area contributed by atoms with Gasteiger partial charge in [0.1, 0.15) is 11.1 Å². The van der Waals surface area contributed by atoms with Crippen molar-refractivity contribution in [2.75, 3.05) is 11.9 Å². The van der Waals surface area contributed by atoms with Gasteiger partial charge in [0.25, 0.3) is 6.01 Å². The number of hydrogen-bond donors (Lipinski definition) is 1. The van der Waals surface area contributed by atoms with Crippen LogP contribution in [0.2, 0.25) is 0 Å². The molecule has 0 aliphatic heterocycles. The second kappa shape index (κ2) is 3.62. The fourth-order valence-corrected chi connectivity index (χ4v) is 1.77. The first-order valence-corrected chi connectivity index (χ1v) is 5.36. The van der Waals surface area contributed by atoms with Gasteiger partial charge in [-0.2, -0.15) is 4.98 Å². The second-order valence-electron chi connectivity index (χ2n) is 3.61. The maximum atomic E-state index is 11.7. The average molecular weight is 230 g/mol. The van der Waals surface area contributed by atoms with E-state index in [9.17, 15) is 4.79 Å². The quantitative estimate of drug-likeness (QED) is 0.684. The van der Waals surface area contributed by atoms with E-state index < -0.39 is 5.63 Å².